The Morgan fingerprint density at radius 1 is 0.532 bits per heavy atom. The molecule has 3 heterocycles. The summed E-state index contributed by atoms with van der Waals surface area (Å²) in [4.78, 5) is 0. The summed E-state index contributed by atoms with van der Waals surface area (Å²) in [6.45, 7) is 2.40. The van der Waals surface area contributed by atoms with Crippen molar-refractivity contribution in [2.75, 3.05) is 0 Å². The van der Waals surface area contributed by atoms with Crippen LogP contribution in [0.4, 0.5) is 0 Å². The van der Waals surface area contributed by atoms with E-state index in [2.05, 4.69) is 157 Å². The van der Waals surface area contributed by atoms with E-state index in [1.807, 2.05) is 11.3 Å². The van der Waals surface area contributed by atoms with Gasteiger partial charge in [0.25, 0.3) is 0 Å². The summed E-state index contributed by atoms with van der Waals surface area (Å²) in [5.41, 5.74) is 11.8. The van der Waals surface area contributed by atoms with Crippen LogP contribution < -0.4 is 0 Å². The van der Waals surface area contributed by atoms with Gasteiger partial charge in [-0.2, -0.15) is 0 Å². The van der Waals surface area contributed by atoms with E-state index in [0.29, 0.717) is 0 Å². The van der Waals surface area contributed by atoms with Gasteiger partial charge in [-0.3, -0.25) is 0 Å². The molecule has 3 aromatic heterocycles. The third-order valence-corrected chi connectivity index (χ3v) is 11.8. The van der Waals surface area contributed by atoms with Gasteiger partial charge in [-0.25, -0.2) is 0 Å². The van der Waals surface area contributed by atoms with Crippen molar-refractivity contribution >= 4 is 75.3 Å². The largest absolute Gasteiger partial charge is 0.456 e. The highest BCUT2D eigenvalue weighted by atomic mass is 32.1. The zero-order chi connectivity index (χ0) is 30.9. The fourth-order valence-corrected chi connectivity index (χ4v) is 9.58. The summed E-state index contributed by atoms with van der Waals surface area (Å²) in [6.07, 6.45) is 0. The van der Waals surface area contributed by atoms with Gasteiger partial charge in [0.1, 0.15) is 11.2 Å². The maximum atomic E-state index is 6.47. The Balaban J connectivity index is 1.33. The molecule has 1 aliphatic rings. The molecule has 0 spiro atoms. The molecule has 47 heavy (non-hydrogen) atoms. The second-order valence-electron chi connectivity index (χ2n) is 13.0. The number of rotatable bonds is 2. The number of hydrogen-bond donors (Lipinski definition) is 0. The first-order chi connectivity index (χ1) is 23.2. The lowest BCUT2D eigenvalue weighted by Gasteiger charge is -2.28. The number of aromatic nitrogens is 1. The number of furan rings is 1. The van der Waals surface area contributed by atoms with Crippen LogP contribution in [0.25, 0.3) is 80.7 Å². The second kappa shape index (κ2) is 9.00. The Morgan fingerprint density at radius 3 is 2.21 bits per heavy atom. The first kappa shape index (κ1) is 25.5. The van der Waals surface area contributed by atoms with Crippen molar-refractivity contribution in [3.8, 4) is 16.8 Å². The summed E-state index contributed by atoms with van der Waals surface area (Å²) in [5.74, 6) is 0. The molecule has 0 aliphatic heterocycles. The fourth-order valence-electron chi connectivity index (χ4n) is 8.50. The average molecular weight is 618 g/mol. The maximum Gasteiger partial charge on any atom is 0.137 e. The Hall–Kier alpha value is -5.64. The Morgan fingerprint density at radius 2 is 1.30 bits per heavy atom. The number of thiophene rings is 1. The Bertz CT molecular complexity index is 2920. The predicted octanol–water partition coefficient (Wildman–Crippen LogP) is 12.4. The van der Waals surface area contributed by atoms with Crippen molar-refractivity contribution in [1.82, 2.24) is 4.57 Å². The maximum absolute atomic E-state index is 6.47. The molecular weight excluding hydrogens is 591 g/mol. The van der Waals surface area contributed by atoms with Crippen LogP contribution in [0.15, 0.2) is 150 Å². The van der Waals surface area contributed by atoms with Crippen LogP contribution in [0, 0.1) is 0 Å². The minimum atomic E-state index is -0.284. The summed E-state index contributed by atoms with van der Waals surface area (Å²) in [6, 6.07) is 53.5. The smallest absolute Gasteiger partial charge is 0.137 e. The van der Waals surface area contributed by atoms with Crippen molar-refractivity contribution in [2.45, 2.75) is 12.3 Å². The molecule has 0 radical (unpaired) electrons. The molecule has 0 N–H and O–H groups in total. The Labute approximate surface area is 274 Å². The zero-order valence-corrected chi connectivity index (χ0v) is 26.4. The molecule has 1 unspecified atom stereocenters. The molecule has 1 aliphatic carbocycles. The summed E-state index contributed by atoms with van der Waals surface area (Å²) in [7, 11) is 0. The molecule has 11 rings (SSSR count). The van der Waals surface area contributed by atoms with E-state index < -0.39 is 0 Å². The van der Waals surface area contributed by atoms with E-state index in [9.17, 15) is 0 Å². The van der Waals surface area contributed by atoms with Gasteiger partial charge >= 0.3 is 0 Å². The summed E-state index contributed by atoms with van der Waals surface area (Å²) in [5, 5.41) is 7.41. The molecule has 1 atom stereocenters. The first-order valence-corrected chi connectivity index (χ1v) is 17.0. The quantitative estimate of drug-likeness (QED) is 0.189. The van der Waals surface area contributed by atoms with Crippen molar-refractivity contribution in [2.24, 2.45) is 0 Å². The number of para-hydroxylation sites is 1. The van der Waals surface area contributed by atoms with Crippen LogP contribution in [0.5, 0.6) is 0 Å². The van der Waals surface area contributed by atoms with Crippen molar-refractivity contribution < 1.29 is 4.42 Å². The molecule has 10 aromatic rings. The van der Waals surface area contributed by atoms with E-state index >= 15 is 0 Å². The van der Waals surface area contributed by atoms with Gasteiger partial charge in [-0.1, -0.05) is 91.0 Å². The highest BCUT2D eigenvalue weighted by Gasteiger charge is 2.41. The van der Waals surface area contributed by atoms with Gasteiger partial charge in [0.2, 0.25) is 0 Å². The molecule has 0 bridgehead atoms. The van der Waals surface area contributed by atoms with E-state index in [1.54, 1.807) is 0 Å². The van der Waals surface area contributed by atoms with Gasteiger partial charge in [0.15, 0.2) is 0 Å². The van der Waals surface area contributed by atoms with Crippen LogP contribution in [-0.4, -0.2) is 4.57 Å². The minimum absolute atomic E-state index is 0.284. The van der Waals surface area contributed by atoms with Gasteiger partial charge in [-0.15, -0.1) is 11.3 Å². The topological polar surface area (TPSA) is 18.1 Å². The molecular formula is C44H27NOS. The van der Waals surface area contributed by atoms with Gasteiger partial charge in [0.05, 0.1) is 16.4 Å². The third kappa shape index (κ3) is 3.24. The lowest BCUT2D eigenvalue weighted by molar-refractivity contribution is 0.669. The predicted molar refractivity (Wildman–Crippen MR) is 198 cm³/mol. The van der Waals surface area contributed by atoms with Gasteiger partial charge in [0, 0.05) is 47.4 Å². The van der Waals surface area contributed by atoms with Gasteiger partial charge < -0.3 is 8.98 Å². The zero-order valence-electron chi connectivity index (χ0n) is 25.6. The highest BCUT2D eigenvalue weighted by Crippen LogP contribution is 2.54. The minimum Gasteiger partial charge on any atom is -0.456 e. The molecule has 0 amide bonds. The molecule has 2 nitrogen and oxygen atoms in total. The average Bonchev–Trinajstić information content (AvgIpc) is 3.85. The lowest BCUT2D eigenvalue weighted by Crippen LogP contribution is -2.22. The Kier molecular flexibility index (Phi) is 4.89. The SMILES string of the molecule is CC1(c2ccccc2)c2ccccc2-c2cc3c4ccc5oc6ccccc6c5c4n(-c4ccc5sc6ccccc6c5c4)c3cc21. The van der Waals surface area contributed by atoms with Crippen LogP contribution in [-0.2, 0) is 5.41 Å². The lowest BCUT2D eigenvalue weighted by atomic mass is 9.74. The van der Waals surface area contributed by atoms with Gasteiger partial charge in [-0.05, 0) is 89.3 Å². The van der Waals surface area contributed by atoms with E-state index in [4.69, 9.17) is 4.42 Å². The molecule has 3 heteroatoms. The normalized spacial score (nSPS) is 15.9. The molecule has 0 saturated heterocycles. The third-order valence-electron chi connectivity index (χ3n) is 10.7. The van der Waals surface area contributed by atoms with E-state index in [1.165, 1.54) is 69.8 Å². The number of nitrogens with zero attached hydrogens (tertiary/aromatic N) is 1. The summed E-state index contributed by atoms with van der Waals surface area (Å²) >= 11 is 1.86. The van der Waals surface area contributed by atoms with E-state index in [0.717, 1.165) is 27.6 Å². The monoisotopic (exact) mass is 617 g/mol. The fraction of sp³-hybridized carbons (Fsp3) is 0.0455. The second-order valence-corrected chi connectivity index (χ2v) is 14.1. The van der Waals surface area contributed by atoms with Crippen molar-refractivity contribution in [1.29, 1.82) is 0 Å². The molecule has 0 fully saturated rings. The number of hydrogen-bond acceptors (Lipinski definition) is 2. The summed E-state index contributed by atoms with van der Waals surface area (Å²) < 4.78 is 11.6. The van der Waals surface area contributed by atoms with E-state index in [-0.39, 0.29) is 5.41 Å². The van der Waals surface area contributed by atoms with Crippen molar-refractivity contribution in [3.63, 3.8) is 0 Å². The van der Waals surface area contributed by atoms with Crippen LogP contribution >= 0.6 is 11.3 Å². The standard InChI is InChI=1S/C44H27NOS/c1-44(26-11-3-2-4-12-26)35-16-8-5-13-28(35)32-24-33-30-20-21-39-42(31-15-6-9-17-38(31)46-39)43(30)45(37(33)25-36(32)44)27-19-22-41-34(23-27)29-14-7-10-18-40(29)47-41/h2-25H,1H3. The molecule has 220 valence electrons. The molecule has 0 saturated carbocycles. The molecule has 7 aromatic carbocycles. The highest BCUT2D eigenvalue weighted by molar-refractivity contribution is 7.25. The van der Waals surface area contributed by atoms with Crippen LogP contribution in [0.1, 0.15) is 23.6 Å². The first-order valence-electron chi connectivity index (χ1n) is 16.2. The number of benzene rings is 7. The number of fused-ring (bicyclic) bond motifs is 13. The van der Waals surface area contributed by atoms with Crippen molar-refractivity contribution in [3.05, 3.63) is 162 Å². The van der Waals surface area contributed by atoms with Crippen LogP contribution in [0.2, 0.25) is 0 Å². The van der Waals surface area contributed by atoms with Crippen LogP contribution in [0.3, 0.4) is 0 Å².